The molecule has 2 aliphatic heterocycles. The molecule has 2 aromatic rings. The number of nitrogens with one attached hydrogen (secondary N) is 2. The van der Waals surface area contributed by atoms with Crippen LogP contribution in [0.1, 0.15) is 36.4 Å². The lowest BCUT2D eigenvalue weighted by atomic mass is 9.96. The van der Waals surface area contributed by atoms with Crippen molar-refractivity contribution in [1.82, 2.24) is 10.2 Å². The molecule has 6 nitrogen and oxygen atoms in total. The van der Waals surface area contributed by atoms with Gasteiger partial charge in [-0.15, -0.1) is 0 Å². The number of anilines is 2. The molecular formula is C24H29FN4O2. The summed E-state index contributed by atoms with van der Waals surface area (Å²) in [6, 6.07) is 12.0. The first kappa shape index (κ1) is 21.3. The van der Waals surface area contributed by atoms with Gasteiger partial charge in [0, 0.05) is 31.5 Å². The molecule has 0 saturated carbocycles. The van der Waals surface area contributed by atoms with Gasteiger partial charge >= 0.3 is 11.8 Å². The fourth-order valence-corrected chi connectivity index (χ4v) is 4.51. The van der Waals surface area contributed by atoms with Crippen molar-refractivity contribution in [2.24, 2.45) is 0 Å². The molecule has 0 aliphatic carbocycles. The van der Waals surface area contributed by atoms with Gasteiger partial charge in [0.2, 0.25) is 0 Å². The predicted molar refractivity (Wildman–Crippen MR) is 120 cm³/mol. The van der Waals surface area contributed by atoms with Crippen molar-refractivity contribution in [2.75, 3.05) is 43.4 Å². The Morgan fingerprint density at radius 3 is 2.48 bits per heavy atom. The number of likely N-dealkylation sites (tertiary alicyclic amines) is 1. The van der Waals surface area contributed by atoms with E-state index in [-0.39, 0.29) is 6.04 Å². The van der Waals surface area contributed by atoms with Crippen LogP contribution < -0.4 is 15.5 Å². The lowest BCUT2D eigenvalue weighted by Gasteiger charge is -2.31. The van der Waals surface area contributed by atoms with E-state index < -0.39 is 17.6 Å². The lowest BCUT2D eigenvalue weighted by Crippen LogP contribution is -2.41. The molecule has 2 aromatic carbocycles. The summed E-state index contributed by atoms with van der Waals surface area (Å²) in [5.74, 6) is -1.84. The highest BCUT2D eigenvalue weighted by Gasteiger charge is 2.26. The Morgan fingerprint density at radius 2 is 1.74 bits per heavy atom. The summed E-state index contributed by atoms with van der Waals surface area (Å²) in [4.78, 5) is 29.3. The van der Waals surface area contributed by atoms with Gasteiger partial charge < -0.3 is 15.5 Å². The van der Waals surface area contributed by atoms with Crippen LogP contribution in [-0.2, 0) is 16.0 Å². The maximum Gasteiger partial charge on any atom is 0.313 e. The lowest BCUT2D eigenvalue weighted by molar-refractivity contribution is -0.136. The second-order valence-electron chi connectivity index (χ2n) is 8.34. The van der Waals surface area contributed by atoms with Crippen molar-refractivity contribution in [3.63, 3.8) is 0 Å². The molecule has 31 heavy (non-hydrogen) atoms. The molecule has 2 aliphatic rings. The van der Waals surface area contributed by atoms with Crippen LogP contribution in [0.2, 0.25) is 0 Å². The highest BCUT2D eigenvalue weighted by atomic mass is 19.1. The first-order valence-corrected chi connectivity index (χ1v) is 10.9. The third-order valence-electron chi connectivity index (χ3n) is 6.18. The maximum absolute atomic E-state index is 13.0. The van der Waals surface area contributed by atoms with Crippen LogP contribution in [0.25, 0.3) is 0 Å². The molecule has 2 amide bonds. The molecule has 2 N–H and O–H groups in total. The molecule has 0 aromatic heterocycles. The molecule has 1 unspecified atom stereocenters. The van der Waals surface area contributed by atoms with Crippen molar-refractivity contribution < 1.29 is 14.0 Å². The number of carbonyl (C=O) groups is 2. The molecule has 4 rings (SSSR count). The van der Waals surface area contributed by atoms with Crippen LogP contribution in [0, 0.1) is 5.82 Å². The van der Waals surface area contributed by atoms with Gasteiger partial charge in [0.25, 0.3) is 0 Å². The number of nitrogens with zero attached hydrogens (tertiary/aromatic N) is 2. The van der Waals surface area contributed by atoms with Crippen LogP contribution in [0.5, 0.6) is 0 Å². The van der Waals surface area contributed by atoms with Crippen LogP contribution >= 0.6 is 0 Å². The van der Waals surface area contributed by atoms with Crippen LogP contribution in [0.3, 0.4) is 0 Å². The average Bonchev–Trinajstić information content (AvgIpc) is 3.30. The largest absolute Gasteiger partial charge is 0.374 e. The topological polar surface area (TPSA) is 64.7 Å². The Kier molecular flexibility index (Phi) is 6.51. The normalized spacial score (nSPS) is 17.2. The number of benzene rings is 2. The van der Waals surface area contributed by atoms with Gasteiger partial charge in [-0.25, -0.2) is 4.39 Å². The van der Waals surface area contributed by atoms with E-state index in [4.69, 9.17) is 0 Å². The maximum atomic E-state index is 13.0. The molecule has 0 spiro atoms. The third-order valence-corrected chi connectivity index (χ3v) is 6.18. The van der Waals surface area contributed by atoms with Gasteiger partial charge in [-0.05, 0) is 80.2 Å². The summed E-state index contributed by atoms with van der Waals surface area (Å²) >= 11 is 0. The predicted octanol–water partition coefficient (Wildman–Crippen LogP) is 3.10. The second-order valence-corrected chi connectivity index (χ2v) is 8.34. The van der Waals surface area contributed by atoms with Crippen LogP contribution in [0.15, 0.2) is 42.5 Å². The van der Waals surface area contributed by atoms with Crippen molar-refractivity contribution in [3.8, 4) is 0 Å². The Labute approximate surface area is 182 Å². The van der Waals surface area contributed by atoms with Gasteiger partial charge in [0.1, 0.15) is 5.82 Å². The molecule has 1 fully saturated rings. The summed E-state index contributed by atoms with van der Waals surface area (Å²) in [6.07, 6.45) is 4.49. The van der Waals surface area contributed by atoms with Crippen LogP contribution in [0.4, 0.5) is 15.8 Å². The van der Waals surface area contributed by atoms with Gasteiger partial charge in [0.05, 0.1) is 6.04 Å². The van der Waals surface area contributed by atoms with Crippen LogP contribution in [-0.4, -0.2) is 49.9 Å². The summed E-state index contributed by atoms with van der Waals surface area (Å²) in [5, 5.41) is 5.31. The minimum Gasteiger partial charge on any atom is -0.374 e. The van der Waals surface area contributed by atoms with E-state index in [0.29, 0.717) is 12.2 Å². The zero-order valence-corrected chi connectivity index (χ0v) is 17.9. The van der Waals surface area contributed by atoms with E-state index in [1.165, 1.54) is 41.1 Å². The molecular weight excluding hydrogens is 395 g/mol. The Balaban J connectivity index is 1.44. The Morgan fingerprint density at radius 1 is 1.00 bits per heavy atom. The number of carbonyl (C=O) groups excluding carboxylic acids is 2. The molecule has 0 bridgehead atoms. The number of rotatable bonds is 5. The van der Waals surface area contributed by atoms with Crippen molar-refractivity contribution in [1.29, 1.82) is 0 Å². The fourth-order valence-electron chi connectivity index (χ4n) is 4.51. The van der Waals surface area contributed by atoms with E-state index in [0.717, 1.165) is 45.3 Å². The minimum absolute atomic E-state index is 0.0302. The zero-order valence-electron chi connectivity index (χ0n) is 17.9. The Bertz CT molecular complexity index is 941. The summed E-state index contributed by atoms with van der Waals surface area (Å²) in [6.45, 7) is 3.41. The summed E-state index contributed by atoms with van der Waals surface area (Å²) < 4.78 is 13.0. The third kappa shape index (κ3) is 5.05. The minimum atomic E-state index is -0.751. The quantitative estimate of drug-likeness (QED) is 0.724. The number of amides is 2. The SMILES string of the molecule is CN1CCCc2cc(C(CNC(=O)C(=O)Nc3ccc(F)cc3)N3CCCC3)ccc21. The van der Waals surface area contributed by atoms with E-state index in [2.05, 4.69) is 45.7 Å². The first-order valence-electron chi connectivity index (χ1n) is 10.9. The van der Waals surface area contributed by atoms with Crippen molar-refractivity contribution in [3.05, 3.63) is 59.4 Å². The standard InChI is InChI=1S/C24H29FN4O2/c1-28-12-4-5-17-15-18(6-11-21(17)28)22(29-13-2-3-14-29)16-26-23(30)24(31)27-20-9-7-19(25)8-10-20/h6-11,15,22H,2-5,12-14,16H2,1H3,(H,26,30)(H,27,31). The van der Waals surface area contributed by atoms with Gasteiger partial charge in [-0.3, -0.25) is 14.5 Å². The van der Waals surface area contributed by atoms with Gasteiger partial charge in [-0.1, -0.05) is 12.1 Å². The van der Waals surface area contributed by atoms with E-state index in [1.54, 1.807) is 0 Å². The smallest absolute Gasteiger partial charge is 0.313 e. The fraction of sp³-hybridized carbons (Fsp3) is 0.417. The number of aryl methyl sites for hydroxylation is 1. The van der Waals surface area contributed by atoms with Gasteiger partial charge in [-0.2, -0.15) is 0 Å². The molecule has 1 atom stereocenters. The van der Waals surface area contributed by atoms with E-state index in [1.807, 2.05) is 0 Å². The first-order chi connectivity index (χ1) is 15.0. The number of hydrogen-bond acceptors (Lipinski definition) is 4. The average molecular weight is 425 g/mol. The molecule has 2 heterocycles. The van der Waals surface area contributed by atoms with Gasteiger partial charge in [0.15, 0.2) is 0 Å². The highest BCUT2D eigenvalue weighted by molar-refractivity contribution is 6.39. The van der Waals surface area contributed by atoms with Crippen molar-refractivity contribution in [2.45, 2.75) is 31.7 Å². The molecule has 7 heteroatoms. The second kappa shape index (κ2) is 9.47. The Hall–Kier alpha value is -2.93. The molecule has 164 valence electrons. The number of halogens is 1. The van der Waals surface area contributed by atoms with Crippen molar-refractivity contribution >= 4 is 23.2 Å². The zero-order chi connectivity index (χ0) is 21.8. The number of fused-ring (bicyclic) bond motifs is 1. The highest BCUT2D eigenvalue weighted by Crippen LogP contribution is 2.31. The molecule has 0 radical (unpaired) electrons. The monoisotopic (exact) mass is 424 g/mol. The summed E-state index contributed by atoms with van der Waals surface area (Å²) in [7, 11) is 2.12. The summed E-state index contributed by atoms with van der Waals surface area (Å²) in [5.41, 5.74) is 4.18. The molecule has 1 saturated heterocycles. The van der Waals surface area contributed by atoms with E-state index >= 15 is 0 Å². The number of hydrogen-bond donors (Lipinski definition) is 2. The van der Waals surface area contributed by atoms with E-state index in [9.17, 15) is 14.0 Å².